The summed E-state index contributed by atoms with van der Waals surface area (Å²) in [7, 11) is 2.93. The number of nitrogens with zero attached hydrogens (tertiary/aromatic N) is 7. The van der Waals surface area contributed by atoms with Crippen LogP contribution in [0.5, 0.6) is 0 Å². The molecule has 1 fully saturated rings. The summed E-state index contributed by atoms with van der Waals surface area (Å²) in [5.41, 5.74) is 0.835. The number of carbonyl (C=O) groups is 1. The summed E-state index contributed by atoms with van der Waals surface area (Å²) in [4.78, 5) is 49.7. The highest BCUT2D eigenvalue weighted by Crippen LogP contribution is 2.19. The van der Waals surface area contributed by atoms with E-state index in [1.54, 1.807) is 17.2 Å². The third kappa shape index (κ3) is 4.75. The molecule has 1 saturated heterocycles. The molecule has 38 heavy (non-hydrogen) atoms. The van der Waals surface area contributed by atoms with Crippen LogP contribution in [-0.2, 0) is 20.6 Å². The summed E-state index contributed by atoms with van der Waals surface area (Å²) < 4.78 is 16.9. The highest BCUT2D eigenvalue weighted by Gasteiger charge is 2.23. The van der Waals surface area contributed by atoms with E-state index in [-0.39, 0.29) is 29.4 Å². The molecular formula is C25H27FN8O4. The second kappa shape index (κ2) is 10.1. The molecule has 12 nitrogen and oxygen atoms in total. The van der Waals surface area contributed by atoms with Crippen molar-refractivity contribution in [2.45, 2.75) is 12.8 Å². The minimum Gasteiger partial charge on any atom is -0.372 e. The maximum absolute atomic E-state index is 13.1. The van der Waals surface area contributed by atoms with Crippen LogP contribution in [0, 0.1) is 5.82 Å². The van der Waals surface area contributed by atoms with Crippen LogP contribution in [0.25, 0.3) is 11.2 Å². The third-order valence-electron chi connectivity index (χ3n) is 6.67. The number of aliphatic hydroxyl groups is 1. The second-order valence-electron chi connectivity index (χ2n) is 9.12. The first-order valence-electron chi connectivity index (χ1n) is 12.0. The van der Waals surface area contributed by atoms with Crippen LogP contribution in [0.2, 0.25) is 0 Å². The van der Waals surface area contributed by atoms with Crippen molar-refractivity contribution in [3.8, 4) is 0 Å². The van der Waals surface area contributed by atoms with Gasteiger partial charge in [0.1, 0.15) is 17.9 Å². The van der Waals surface area contributed by atoms with E-state index in [1.807, 2.05) is 6.07 Å². The van der Waals surface area contributed by atoms with Gasteiger partial charge in [0.05, 0.1) is 24.8 Å². The molecule has 13 heteroatoms. The number of piperazine rings is 1. The lowest BCUT2D eigenvalue weighted by Crippen LogP contribution is -2.48. The van der Waals surface area contributed by atoms with E-state index >= 15 is 0 Å². The number of hydrogen-bond acceptors (Lipinski definition) is 8. The number of fused-ring (bicyclic) bond motifs is 1. The number of benzene rings is 1. The molecule has 1 amide bonds. The molecular weight excluding hydrogens is 495 g/mol. The van der Waals surface area contributed by atoms with Crippen molar-refractivity contribution in [2.24, 2.45) is 14.1 Å². The monoisotopic (exact) mass is 522 g/mol. The van der Waals surface area contributed by atoms with Gasteiger partial charge in [-0.25, -0.2) is 19.2 Å². The maximum Gasteiger partial charge on any atom is 0.332 e. The lowest BCUT2D eigenvalue weighted by molar-refractivity contribution is 0.0746. The molecule has 4 heterocycles. The molecule has 0 bridgehead atoms. The van der Waals surface area contributed by atoms with E-state index in [9.17, 15) is 23.9 Å². The largest absolute Gasteiger partial charge is 0.372 e. The lowest BCUT2D eigenvalue weighted by Gasteiger charge is -2.36. The fourth-order valence-electron chi connectivity index (χ4n) is 4.54. The average molecular weight is 523 g/mol. The van der Waals surface area contributed by atoms with Crippen molar-refractivity contribution in [1.29, 1.82) is 0 Å². The third-order valence-corrected chi connectivity index (χ3v) is 6.67. The number of amides is 1. The van der Waals surface area contributed by atoms with Crippen LogP contribution in [0.3, 0.4) is 0 Å². The minimum atomic E-state index is -1.08. The predicted octanol–water partition coefficient (Wildman–Crippen LogP) is 0.361. The van der Waals surface area contributed by atoms with Crippen molar-refractivity contribution in [1.82, 2.24) is 28.6 Å². The van der Waals surface area contributed by atoms with Crippen LogP contribution >= 0.6 is 0 Å². The van der Waals surface area contributed by atoms with Crippen LogP contribution in [0.1, 0.15) is 10.4 Å². The first kappa shape index (κ1) is 25.1. The van der Waals surface area contributed by atoms with Crippen molar-refractivity contribution < 1.29 is 14.3 Å². The number of nitrogens with one attached hydrogen (secondary N) is 1. The topological polar surface area (TPSA) is 131 Å². The smallest absolute Gasteiger partial charge is 0.332 e. The van der Waals surface area contributed by atoms with E-state index in [0.717, 1.165) is 10.3 Å². The molecule has 0 saturated carbocycles. The molecule has 198 valence electrons. The van der Waals surface area contributed by atoms with Crippen LogP contribution in [0.15, 0.2) is 58.5 Å². The lowest BCUT2D eigenvalue weighted by atomic mass is 10.1. The number of hydrogen-bond donors (Lipinski definition) is 2. The standard InChI is InChI=1S/C25H27FN8O4/c1-30-22-21(24(37)31(2)25(30)38)34(15-28-22)14-20(35)29-19-8-7-18(13-27-19)32-9-11-33(12-10-32)23(36)16-3-5-17(26)6-4-16/h3-8,13,15,20,35H,9-12,14H2,1-2H3,(H,27,29). The zero-order valence-electron chi connectivity index (χ0n) is 20.9. The summed E-state index contributed by atoms with van der Waals surface area (Å²) in [6.07, 6.45) is 2.02. The number of aromatic nitrogens is 5. The van der Waals surface area contributed by atoms with Crippen molar-refractivity contribution >= 4 is 28.6 Å². The van der Waals surface area contributed by atoms with Crippen molar-refractivity contribution in [3.05, 3.63) is 81.1 Å². The SMILES string of the molecule is Cn1c(=O)c2c(ncn2CC(O)Nc2ccc(N3CCN(C(=O)c4ccc(F)cc4)CC3)cn2)n(C)c1=O. The zero-order chi connectivity index (χ0) is 27.0. The van der Waals surface area contributed by atoms with Gasteiger partial charge in [-0.05, 0) is 36.4 Å². The number of aliphatic hydroxyl groups excluding tert-OH is 1. The minimum absolute atomic E-state index is 0.0113. The van der Waals surface area contributed by atoms with Crippen LogP contribution in [0.4, 0.5) is 15.9 Å². The Labute approximate surface area is 216 Å². The van der Waals surface area contributed by atoms with Gasteiger partial charge in [0.15, 0.2) is 11.2 Å². The molecule has 0 radical (unpaired) electrons. The van der Waals surface area contributed by atoms with E-state index in [2.05, 4.69) is 20.2 Å². The fourth-order valence-corrected chi connectivity index (χ4v) is 4.54. The summed E-state index contributed by atoms with van der Waals surface area (Å²) in [5, 5.41) is 13.5. The van der Waals surface area contributed by atoms with Crippen LogP contribution in [-0.4, -0.2) is 72.0 Å². The van der Waals surface area contributed by atoms with Gasteiger partial charge in [-0.1, -0.05) is 0 Å². The Bertz CT molecular complexity index is 1590. The normalized spacial score (nSPS) is 14.6. The molecule has 1 aromatic carbocycles. The van der Waals surface area contributed by atoms with E-state index < -0.39 is 17.5 Å². The first-order valence-corrected chi connectivity index (χ1v) is 12.0. The number of rotatable bonds is 6. The van der Waals surface area contributed by atoms with Gasteiger partial charge >= 0.3 is 5.69 Å². The molecule has 2 N–H and O–H groups in total. The second-order valence-corrected chi connectivity index (χ2v) is 9.12. The number of aryl methyl sites for hydroxylation is 1. The Balaban J connectivity index is 1.19. The molecule has 3 aromatic heterocycles. The van der Waals surface area contributed by atoms with Gasteiger partial charge in [-0.2, -0.15) is 0 Å². The number of carbonyl (C=O) groups excluding carboxylic acids is 1. The van der Waals surface area contributed by atoms with Gasteiger partial charge in [0.2, 0.25) is 0 Å². The van der Waals surface area contributed by atoms with E-state index in [0.29, 0.717) is 37.6 Å². The molecule has 1 aliphatic rings. The summed E-state index contributed by atoms with van der Waals surface area (Å²) >= 11 is 0. The van der Waals surface area contributed by atoms with Gasteiger partial charge < -0.3 is 24.8 Å². The van der Waals surface area contributed by atoms with E-state index in [4.69, 9.17) is 0 Å². The Morgan fingerprint density at radius 3 is 2.39 bits per heavy atom. The van der Waals surface area contributed by atoms with Gasteiger partial charge in [-0.15, -0.1) is 0 Å². The van der Waals surface area contributed by atoms with Gasteiger partial charge in [0, 0.05) is 45.8 Å². The molecule has 1 unspecified atom stereocenters. The van der Waals surface area contributed by atoms with Crippen LogP contribution < -0.4 is 21.5 Å². The predicted molar refractivity (Wildman–Crippen MR) is 139 cm³/mol. The molecule has 4 aromatic rings. The van der Waals surface area contributed by atoms with Gasteiger partial charge in [-0.3, -0.25) is 18.7 Å². The summed E-state index contributed by atoms with van der Waals surface area (Å²) in [6, 6.07) is 9.16. The number of anilines is 2. The Hall–Kier alpha value is -4.52. The molecule has 5 rings (SSSR count). The molecule has 1 aliphatic heterocycles. The number of imidazole rings is 1. The average Bonchev–Trinajstić information content (AvgIpc) is 3.34. The Morgan fingerprint density at radius 2 is 1.74 bits per heavy atom. The Morgan fingerprint density at radius 1 is 1.03 bits per heavy atom. The fraction of sp³-hybridized carbons (Fsp3) is 0.320. The Kier molecular flexibility index (Phi) is 6.68. The first-order chi connectivity index (χ1) is 18.2. The van der Waals surface area contributed by atoms with Crippen molar-refractivity contribution in [3.63, 3.8) is 0 Å². The zero-order valence-corrected chi connectivity index (χ0v) is 20.9. The molecule has 0 spiro atoms. The van der Waals surface area contributed by atoms with E-state index in [1.165, 1.54) is 53.8 Å². The molecule has 0 aliphatic carbocycles. The number of pyridine rings is 1. The highest BCUT2D eigenvalue weighted by molar-refractivity contribution is 5.94. The summed E-state index contributed by atoms with van der Waals surface area (Å²) in [6.45, 7) is 2.31. The molecule has 1 atom stereocenters. The summed E-state index contributed by atoms with van der Waals surface area (Å²) in [5.74, 6) is -0.0587. The van der Waals surface area contributed by atoms with Gasteiger partial charge in [0.25, 0.3) is 11.5 Å². The maximum atomic E-state index is 13.1. The quantitative estimate of drug-likeness (QED) is 0.347. The number of halogens is 1. The highest BCUT2D eigenvalue weighted by atomic mass is 19.1. The van der Waals surface area contributed by atoms with Crippen molar-refractivity contribution in [2.75, 3.05) is 36.4 Å².